The predicted molar refractivity (Wildman–Crippen MR) is 87.5 cm³/mol. The molecule has 130 valence electrons. The average Bonchev–Trinajstić information content (AvgIpc) is 2.94. The highest BCUT2D eigenvalue weighted by molar-refractivity contribution is 5.91. The number of hydrogen-bond donors (Lipinski definition) is 4. The maximum Gasteiger partial charge on any atom is 0.332 e. The molecule has 5 N–H and O–H groups in total. The number of aromatic nitrogens is 2. The lowest BCUT2D eigenvalue weighted by atomic mass is 10.2. The molecule has 9 heteroatoms. The third kappa shape index (κ3) is 3.00. The van der Waals surface area contributed by atoms with Gasteiger partial charge in [-0.15, -0.1) is 0 Å². The van der Waals surface area contributed by atoms with Crippen molar-refractivity contribution in [2.24, 2.45) is 0 Å². The number of carbonyl (C=O) groups is 1. The number of likely N-dealkylation sites (N-methyl/N-ethyl adjacent to an activating group) is 1. The maximum absolute atomic E-state index is 14.6. The number of piperazine rings is 1. The molecule has 1 saturated heterocycles. The Morgan fingerprint density at radius 3 is 2.75 bits per heavy atom. The van der Waals surface area contributed by atoms with E-state index in [4.69, 9.17) is 10.8 Å². The number of nitrogens with one attached hydrogen (secondary N) is 1. The largest absolute Gasteiger partial charge is 0.479 e. The molecular weight excluding hydrogens is 317 g/mol. The number of imidazole rings is 1. The van der Waals surface area contributed by atoms with Crippen LogP contribution < -0.4 is 10.6 Å². The Morgan fingerprint density at radius 2 is 2.12 bits per heavy atom. The molecule has 0 radical (unpaired) electrons. The number of hydrogen-bond acceptors (Lipinski definition) is 6. The van der Waals surface area contributed by atoms with Crippen molar-refractivity contribution in [1.82, 2.24) is 14.9 Å². The van der Waals surface area contributed by atoms with Crippen LogP contribution in [0.15, 0.2) is 6.07 Å². The number of nitrogen functional groups attached to an aromatic ring is 1. The fourth-order valence-electron chi connectivity index (χ4n) is 2.83. The third-order valence-corrected chi connectivity index (χ3v) is 4.29. The van der Waals surface area contributed by atoms with Gasteiger partial charge in [-0.05, 0) is 13.1 Å². The Balaban J connectivity index is 1.95. The highest BCUT2D eigenvalue weighted by Crippen LogP contribution is 2.32. The van der Waals surface area contributed by atoms with Crippen LogP contribution in [0.4, 0.5) is 15.8 Å². The molecule has 1 aromatic heterocycles. The zero-order chi connectivity index (χ0) is 17.4. The number of halogens is 1. The molecule has 0 bridgehead atoms. The number of aliphatic carboxylic acids is 1. The van der Waals surface area contributed by atoms with Gasteiger partial charge in [0, 0.05) is 32.6 Å². The Kier molecular flexibility index (Phi) is 4.29. The average molecular weight is 337 g/mol. The van der Waals surface area contributed by atoms with Crippen molar-refractivity contribution in [3.8, 4) is 0 Å². The number of carboxylic acids is 1. The Morgan fingerprint density at radius 1 is 1.46 bits per heavy atom. The number of H-pyrrole nitrogens is 1. The van der Waals surface area contributed by atoms with Gasteiger partial charge in [0.1, 0.15) is 11.3 Å². The van der Waals surface area contributed by atoms with E-state index in [1.807, 2.05) is 11.9 Å². The van der Waals surface area contributed by atoms with Crippen molar-refractivity contribution in [1.29, 1.82) is 0 Å². The predicted octanol–water partition coefficient (Wildman–Crippen LogP) is 0.0240. The monoisotopic (exact) mass is 337 g/mol. The minimum Gasteiger partial charge on any atom is -0.479 e. The lowest BCUT2D eigenvalue weighted by molar-refractivity contribution is -0.146. The SMILES string of the molecule is CN1CCN(c2cc3[nH]c(CC(O)C(=O)O)nc3c(N)c2F)CC1. The number of nitrogens with two attached hydrogens (primary N) is 1. The van der Waals surface area contributed by atoms with Crippen LogP contribution in [-0.2, 0) is 11.2 Å². The maximum atomic E-state index is 14.6. The number of anilines is 2. The van der Waals surface area contributed by atoms with Gasteiger partial charge in [-0.3, -0.25) is 0 Å². The van der Waals surface area contributed by atoms with E-state index >= 15 is 0 Å². The summed E-state index contributed by atoms with van der Waals surface area (Å²) in [5, 5.41) is 18.2. The van der Waals surface area contributed by atoms with Gasteiger partial charge < -0.3 is 30.7 Å². The normalized spacial score (nSPS) is 17.4. The number of aliphatic hydroxyl groups excluding tert-OH is 1. The van der Waals surface area contributed by atoms with Gasteiger partial charge in [0.2, 0.25) is 0 Å². The standard InChI is InChI=1S/C15H20FN5O3/c1-20-2-4-21(5-3-20)9-6-8-14(13(17)12(9)16)19-11(18-8)7-10(22)15(23)24/h6,10,22H,2-5,7,17H2,1H3,(H,18,19)(H,23,24). The number of aromatic amines is 1. The Hall–Kier alpha value is -2.39. The Bertz CT molecular complexity index is 770. The van der Waals surface area contributed by atoms with Gasteiger partial charge in [0.05, 0.1) is 16.9 Å². The first-order valence-electron chi connectivity index (χ1n) is 7.67. The number of benzene rings is 1. The summed E-state index contributed by atoms with van der Waals surface area (Å²) in [4.78, 5) is 21.9. The topological polar surface area (TPSA) is 119 Å². The number of nitrogens with zero attached hydrogens (tertiary/aromatic N) is 3. The van der Waals surface area contributed by atoms with Crippen LogP contribution >= 0.6 is 0 Å². The summed E-state index contributed by atoms with van der Waals surface area (Å²) < 4.78 is 14.6. The molecule has 0 saturated carbocycles. The van der Waals surface area contributed by atoms with E-state index in [0.29, 0.717) is 24.3 Å². The van der Waals surface area contributed by atoms with Crippen LogP contribution in [0.3, 0.4) is 0 Å². The molecule has 0 aliphatic carbocycles. The van der Waals surface area contributed by atoms with Crippen molar-refractivity contribution in [3.05, 3.63) is 17.7 Å². The quantitative estimate of drug-likeness (QED) is 0.581. The summed E-state index contributed by atoms with van der Waals surface area (Å²) in [6.45, 7) is 3.04. The minimum absolute atomic E-state index is 0.0752. The molecule has 0 spiro atoms. The second-order valence-corrected chi connectivity index (χ2v) is 6.05. The zero-order valence-corrected chi connectivity index (χ0v) is 13.3. The van der Waals surface area contributed by atoms with Crippen LogP contribution in [0.25, 0.3) is 11.0 Å². The molecule has 1 fully saturated rings. The molecule has 0 amide bonds. The number of rotatable bonds is 4. The van der Waals surface area contributed by atoms with Crippen molar-refractivity contribution in [2.75, 3.05) is 43.9 Å². The molecule has 1 aromatic carbocycles. The van der Waals surface area contributed by atoms with Gasteiger partial charge in [-0.2, -0.15) is 0 Å². The van der Waals surface area contributed by atoms with Crippen molar-refractivity contribution >= 4 is 28.4 Å². The molecule has 8 nitrogen and oxygen atoms in total. The molecule has 2 heterocycles. The lowest BCUT2D eigenvalue weighted by Crippen LogP contribution is -2.44. The van der Waals surface area contributed by atoms with Crippen LogP contribution in [0.5, 0.6) is 0 Å². The number of fused-ring (bicyclic) bond motifs is 1. The highest BCUT2D eigenvalue weighted by atomic mass is 19.1. The summed E-state index contributed by atoms with van der Waals surface area (Å²) in [6, 6.07) is 1.63. The second kappa shape index (κ2) is 6.25. The van der Waals surface area contributed by atoms with E-state index < -0.39 is 17.9 Å². The minimum atomic E-state index is -1.58. The van der Waals surface area contributed by atoms with Gasteiger partial charge in [0.15, 0.2) is 11.9 Å². The van der Waals surface area contributed by atoms with E-state index in [2.05, 4.69) is 14.9 Å². The molecule has 1 unspecified atom stereocenters. The van der Waals surface area contributed by atoms with Crippen molar-refractivity contribution < 1.29 is 19.4 Å². The first-order valence-corrected chi connectivity index (χ1v) is 7.67. The van der Waals surface area contributed by atoms with Crippen molar-refractivity contribution in [3.63, 3.8) is 0 Å². The van der Waals surface area contributed by atoms with Gasteiger partial charge in [0.25, 0.3) is 0 Å². The highest BCUT2D eigenvalue weighted by Gasteiger charge is 2.23. The molecule has 1 atom stereocenters. The van der Waals surface area contributed by atoms with E-state index in [1.165, 1.54) is 0 Å². The van der Waals surface area contributed by atoms with Crippen LogP contribution in [0, 0.1) is 5.82 Å². The summed E-state index contributed by atoms with van der Waals surface area (Å²) in [5.41, 5.74) is 6.98. The Labute approximate surface area is 137 Å². The lowest BCUT2D eigenvalue weighted by Gasteiger charge is -2.34. The van der Waals surface area contributed by atoms with Gasteiger partial charge in [-0.1, -0.05) is 0 Å². The molecule has 2 aromatic rings. The van der Waals surface area contributed by atoms with E-state index in [9.17, 15) is 14.3 Å². The van der Waals surface area contributed by atoms with E-state index in [-0.39, 0.29) is 23.4 Å². The summed E-state index contributed by atoms with van der Waals surface area (Å²) in [7, 11) is 2.01. The van der Waals surface area contributed by atoms with Gasteiger partial charge >= 0.3 is 5.97 Å². The summed E-state index contributed by atoms with van der Waals surface area (Å²) in [5.74, 6) is -1.61. The van der Waals surface area contributed by atoms with Crippen LogP contribution in [0.1, 0.15) is 5.82 Å². The van der Waals surface area contributed by atoms with Crippen molar-refractivity contribution in [2.45, 2.75) is 12.5 Å². The molecular formula is C15H20FN5O3. The molecule has 24 heavy (non-hydrogen) atoms. The first kappa shape index (κ1) is 16.5. The van der Waals surface area contributed by atoms with E-state index in [1.54, 1.807) is 6.07 Å². The van der Waals surface area contributed by atoms with Crippen LogP contribution in [0.2, 0.25) is 0 Å². The number of aliphatic hydroxyl groups is 1. The molecule has 1 aliphatic rings. The first-order chi connectivity index (χ1) is 11.4. The van der Waals surface area contributed by atoms with Gasteiger partial charge in [-0.25, -0.2) is 14.2 Å². The molecule has 3 rings (SSSR count). The smallest absolute Gasteiger partial charge is 0.332 e. The molecule has 1 aliphatic heterocycles. The fourth-order valence-corrected chi connectivity index (χ4v) is 2.83. The number of carboxylic acid groups (broad SMARTS) is 1. The summed E-state index contributed by atoms with van der Waals surface area (Å²) >= 11 is 0. The third-order valence-electron chi connectivity index (χ3n) is 4.29. The zero-order valence-electron chi connectivity index (χ0n) is 13.3. The fraction of sp³-hybridized carbons (Fsp3) is 0.467. The van der Waals surface area contributed by atoms with E-state index in [0.717, 1.165) is 13.1 Å². The van der Waals surface area contributed by atoms with Crippen LogP contribution in [-0.4, -0.2) is 70.4 Å². The summed E-state index contributed by atoms with van der Waals surface area (Å²) in [6.07, 6.45) is -1.77. The second-order valence-electron chi connectivity index (χ2n) is 6.05.